The lowest BCUT2D eigenvalue weighted by Crippen LogP contribution is -1.91. The Kier molecular flexibility index (Phi) is 5.27. The van der Waals surface area contributed by atoms with E-state index in [1.807, 2.05) is 0 Å². The van der Waals surface area contributed by atoms with Gasteiger partial charge < -0.3 is 5.32 Å². The number of hydrogen-bond donors (Lipinski definition) is 1. The van der Waals surface area contributed by atoms with Crippen molar-refractivity contribution in [3.8, 4) is 11.1 Å². The number of anilines is 2. The predicted octanol–water partition coefficient (Wildman–Crippen LogP) is 12.0. The summed E-state index contributed by atoms with van der Waals surface area (Å²) < 4.78 is 0. The fourth-order valence-electron chi connectivity index (χ4n) is 6.99. The molecule has 0 aromatic heterocycles. The zero-order valence-corrected chi connectivity index (χ0v) is 23.5. The van der Waals surface area contributed by atoms with Crippen LogP contribution in [0.4, 0.5) is 11.4 Å². The third kappa shape index (κ3) is 3.79. The van der Waals surface area contributed by atoms with Gasteiger partial charge in [0.25, 0.3) is 0 Å². The average molecular weight is 546 g/mol. The van der Waals surface area contributed by atoms with Crippen molar-refractivity contribution in [3.05, 3.63) is 158 Å². The molecule has 43 heavy (non-hydrogen) atoms. The maximum atomic E-state index is 3.66. The van der Waals surface area contributed by atoms with E-state index in [1.54, 1.807) is 0 Å². The summed E-state index contributed by atoms with van der Waals surface area (Å²) in [5, 5.41) is 19.2. The molecule has 1 N–H and O–H groups in total. The summed E-state index contributed by atoms with van der Waals surface area (Å²) in [5.74, 6) is 0. The van der Waals surface area contributed by atoms with Crippen LogP contribution in [-0.2, 0) is 0 Å². The molecule has 0 spiro atoms. The number of rotatable bonds is 3. The fourth-order valence-corrected chi connectivity index (χ4v) is 6.99. The standard InChI is InChI=1S/C42H27N/c1-3-13-35-31(9-1)33-11-5-7-15-37(33)41-25-28(19-23-39(35)41)27-17-20-29(21-18-27)43-30-22-24-40-36-14-4-2-10-32(36)34-12-6-8-16-38(34)42(40)26-30/h1-26,43H. The van der Waals surface area contributed by atoms with Crippen LogP contribution in [0.2, 0.25) is 0 Å². The molecular formula is C42H27N. The van der Waals surface area contributed by atoms with Gasteiger partial charge in [-0.25, -0.2) is 0 Å². The van der Waals surface area contributed by atoms with Crippen molar-refractivity contribution in [2.24, 2.45) is 0 Å². The van der Waals surface area contributed by atoms with Crippen molar-refractivity contribution in [1.29, 1.82) is 0 Å². The molecule has 0 radical (unpaired) electrons. The summed E-state index contributed by atoms with van der Waals surface area (Å²) in [6.45, 7) is 0. The summed E-state index contributed by atoms with van der Waals surface area (Å²) in [7, 11) is 0. The second-order valence-corrected chi connectivity index (χ2v) is 11.4. The summed E-state index contributed by atoms with van der Waals surface area (Å²) in [4.78, 5) is 0. The summed E-state index contributed by atoms with van der Waals surface area (Å²) in [6.07, 6.45) is 0. The number of benzene rings is 9. The first-order valence-corrected chi connectivity index (χ1v) is 14.9. The van der Waals surface area contributed by atoms with Gasteiger partial charge in [-0.05, 0) is 106 Å². The molecule has 0 saturated heterocycles. The maximum absolute atomic E-state index is 3.66. The van der Waals surface area contributed by atoms with Gasteiger partial charge in [0.05, 0.1) is 0 Å². The molecule has 0 aliphatic carbocycles. The van der Waals surface area contributed by atoms with Crippen molar-refractivity contribution in [2.75, 3.05) is 5.32 Å². The van der Waals surface area contributed by atoms with E-state index in [0.717, 1.165) is 11.4 Å². The Bertz CT molecular complexity index is 2450. The molecule has 0 saturated carbocycles. The summed E-state index contributed by atoms with van der Waals surface area (Å²) >= 11 is 0. The third-order valence-electron chi connectivity index (χ3n) is 9.00. The van der Waals surface area contributed by atoms with E-state index in [4.69, 9.17) is 0 Å². The van der Waals surface area contributed by atoms with Crippen LogP contribution in [0.15, 0.2) is 158 Å². The SMILES string of the molecule is c1ccc2c(c1)c1ccccc1c1cc(Nc3ccc(-c4ccc5c6ccccc6c6ccccc6c5c4)cc3)ccc21. The van der Waals surface area contributed by atoms with Crippen LogP contribution in [0.5, 0.6) is 0 Å². The van der Waals surface area contributed by atoms with E-state index in [9.17, 15) is 0 Å². The van der Waals surface area contributed by atoms with Gasteiger partial charge in [-0.15, -0.1) is 0 Å². The normalized spacial score (nSPS) is 11.7. The molecule has 9 rings (SSSR count). The highest BCUT2D eigenvalue weighted by Crippen LogP contribution is 2.38. The van der Waals surface area contributed by atoms with Crippen LogP contribution in [0.1, 0.15) is 0 Å². The van der Waals surface area contributed by atoms with Crippen LogP contribution >= 0.6 is 0 Å². The van der Waals surface area contributed by atoms with Crippen molar-refractivity contribution in [3.63, 3.8) is 0 Å². The Morgan fingerprint density at radius 2 is 0.558 bits per heavy atom. The molecule has 0 amide bonds. The molecule has 0 aliphatic rings. The summed E-state index contributed by atoms with van der Waals surface area (Å²) in [6, 6.07) is 57.4. The smallest absolute Gasteiger partial charge is 0.0390 e. The maximum Gasteiger partial charge on any atom is 0.0390 e. The topological polar surface area (TPSA) is 12.0 Å². The van der Waals surface area contributed by atoms with Crippen LogP contribution in [-0.4, -0.2) is 0 Å². The number of fused-ring (bicyclic) bond motifs is 12. The zero-order chi connectivity index (χ0) is 28.3. The zero-order valence-electron chi connectivity index (χ0n) is 23.5. The molecule has 1 heteroatoms. The Morgan fingerprint density at radius 3 is 1.02 bits per heavy atom. The Labute approximate surface area is 249 Å². The minimum absolute atomic E-state index is 1.07. The molecule has 0 atom stereocenters. The minimum Gasteiger partial charge on any atom is -0.356 e. The lowest BCUT2D eigenvalue weighted by molar-refractivity contribution is 1.56. The lowest BCUT2D eigenvalue weighted by Gasteiger charge is -2.14. The molecule has 200 valence electrons. The molecule has 0 aliphatic heterocycles. The predicted molar refractivity (Wildman–Crippen MR) is 187 cm³/mol. The molecule has 0 fully saturated rings. The first-order chi connectivity index (χ1) is 21.3. The molecule has 0 unspecified atom stereocenters. The average Bonchev–Trinajstić information content (AvgIpc) is 3.09. The first kappa shape index (κ1) is 24.0. The summed E-state index contributed by atoms with van der Waals surface area (Å²) in [5.41, 5.74) is 4.60. The fraction of sp³-hybridized carbons (Fsp3) is 0. The van der Waals surface area contributed by atoms with Crippen molar-refractivity contribution < 1.29 is 0 Å². The highest BCUT2D eigenvalue weighted by atomic mass is 14.9. The Morgan fingerprint density at radius 1 is 0.233 bits per heavy atom. The van der Waals surface area contributed by atoms with Crippen LogP contribution in [0.3, 0.4) is 0 Å². The van der Waals surface area contributed by atoms with Gasteiger partial charge in [0.2, 0.25) is 0 Å². The molecule has 0 heterocycles. The van der Waals surface area contributed by atoms with E-state index < -0.39 is 0 Å². The quantitative estimate of drug-likeness (QED) is 0.218. The van der Waals surface area contributed by atoms with Gasteiger partial charge >= 0.3 is 0 Å². The Balaban J connectivity index is 1.10. The van der Waals surface area contributed by atoms with E-state index >= 15 is 0 Å². The molecule has 1 nitrogen and oxygen atoms in total. The number of hydrogen-bond acceptors (Lipinski definition) is 1. The van der Waals surface area contributed by atoms with Crippen molar-refractivity contribution in [2.45, 2.75) is 0 Å². The molecular weight excluding hydrogens is 518 g/mol. The highest BCUT2D eigenvalue weighted by molar-refractivity contribution is 6.26. The van der Waals surface area contributed by atoms with Gasteiger partial charge in [-0.2, -0.15) is 0 Å². The van der Waals surface area contributed by atoms with Crippen molar-refractivity contribution in [1.82, 2.24) is 0 Å². The minimum atomic E-state index is 1.07. The second kappa shape index (κ2) is 9.44. The second-order valence-electron chi connectivity index (χ2n) is 11.4. The van der Waals surface area contributed by atoms with Crippen LogP contribution in [0.25, 0.3) is 75.8 Å². The van der Waals surface area contributed by atoms with Crippen LogP contribution < -0.4 is 5.32 Å². The third-order valence-corrected chi connectivity index (χ3v) is 9.00. The van der Waals surface area contributed by atoms with Gasteiger partial charge in [0.15, 0.2) is 0 Å². The molecule has 9 aromatic rings. The first-order valence-electron chi connectivity index (χ1n) is 14.9. The Hall–Kier alpha value is -5.66. The van der Waals surface area contributed by atoms with E-state index in [0.29, 0.717) is 0 Å². The van der Waals surface area contributed by atoms with E-state index in [2.05, 4.69) is 163 Å². The lowest BCUT2D eigenvalue weighted by atomic mass is 9.92. The van der Waals surface area contributed by atoms with Crippen molar-refractivity contribution >= 4 is 76.0 Å². The van der Waals surface area contributed by atoms with Gasteiger partial charge in [0, 0.05) is 11.4 Å². The van der Waals surface area contributed by atoms with Gasteiger partial charge in [-0.1, -0.05) is 127 Å². The molecule has 9 aromatic carbocycles. The molecule has 0 bridgehead atoms. The van der Waals surface area contributed by atoms with E-state index in [-0.39, 0.29) is 0 Å². The number of nitrogens with one attached hydrogen (secondary N) is 1. The van der Waals surface area contributed by atoms with Gasteiger partial charge in [0.1, 0.15) is 0 Å². The van der Waals surface area contributed by atoms with Crippen LogP contribution in [0, 0.1) is 0 Å². The van der Waals surface area contributed by atoms with E-state index in [1.165, 1.54) is 75.8 Å². The van der Waals surface area contributed by atoms with Gasteiger partial charge in [-0.3, -0.25) is 0 Å². The largest absolute Gasteiger partial charge is 0.356 e. The monoisotopic (exact) mass is 545 g/mol. The highest BCUT2D eigenvalue weighted by Gasteiger charge is 2.11.